The molecule has 0 spiro atoms. The van der Waals surface area contributed by atoms with Crippen LogP contribution in [0.15, 0.2) is 176 Å². The van der Waals surface area contributed by atoms with Crippen molar-refractivity contribution in [1.82, 2.24) is 0 Å². The Bertz CT molecular complexity index is 1880. The van der Waals surface area contributed by atoms with Crippen molar-refractivity contribution in [3.63, 3.8) is 0 Å². The molecule has 282 valence electrons. The van der Waals surface area contributed by atoms with E-state index < -0.39 is 36.3 Å². The van der Waals surface area contributed by atoms with Gasteiger partial charge in [0.15, 0.2) is 6.29 Å². The first-order valence-electron chi connectivity index (χ1n) is 18.7. The monoisotopic (exact) mass is 736 g/mol. The summed E-state index contributed by atoms with van der Waals surface area (Å²) < 4.78 is 46.1. The third-order valence-electron chi connectivity index (χ3n) is 10.0. The average Bonchev–Trinajstić information content (AvgIpc) is 3.26. The molecule has 1 aliphatic heterocycles. The highest BCUT2D eigenvalue weighted by atomic mass is 16.7. The molecule has 0 bridgehead atoms. The van der Waals surface area contributed by atoms with Crippen LogP contribution in [0.25, 0.3) is 0 Å². The van der Waals surface area contributed by atoms with Gasteiger partial charge in [0.1, 0.15) is 35.8 Å². The lowest BCUT2D eigenvalue weighted by Crippen LogP contribution is -2.62. The SMILES string of the molecule is COc1ccc(CO[C@@H]2[C@@H](OCc3ccccc3)[C@@H](OC)O[C@H](COC(c3ccccc3)(c3ccccc3)c3ccccc3)[C@H]2OCc2ccccc2)cc1. The molecule has 0 N–H and O–H groups in total. The van der Waals surface area contributed by atoms with Crippen molar-refractivity contribution in [2.45, 2.75) is 56.1 Å². The van der Waals surface area contributed by atoms with Gasteiger partial charge in [-0.15, -0.1) is 0 Å². The van der Waals surface area contributed by atoms with Gasteiger partial charge in [-0.2, -0.15) is 0 Å². The standard InChI is InChI=1S/C48H48O7/c1-49-42-30-28-38(29-31-42)34-52-45-44(51-32-36-18-8-3-9-19-36)43(55-47(50-2)46(45)53-33-37-20-10-4-11-21-37)35-54-48(39-22-12-5-13-23-39,40-24-14-6-15-25-40)41-26-16-7-17-27-41/h3-31,43-47H,32-35H2,1-2H3/t43-,44-,45+,46-,47+/m1/s1. The van der Waals surface area contributed by atoms with E-state index in [9.17, 15) is 0 Å². The van der Waals surface area contributed by atoms with E-state index >= 15 is 0 Å². The molecule has 1 heterocycles. The third-order valence-corrected chi connectivity index (χ3v) is 10.0. The highest BCUT2D eigenvalue weighted by molar-refractivity contribution is 5.47. The highest BCUT2D eigenvalue weighted by Gasteiger charge is 2.50. The molecular weight excluding hydrogens is 689 g/mol. The molecule has 0 aromatic heterocycles. The average molecular weight is 737 g/mol. The van der Waals surface area contributed by atoms with Gasteiger partial charge in [-0.3, -0.25) is 0 Å². The Morgan fingerprint density at radius 2 is 0.855 bits per heavy atom. The van der Waals surface area contributed by atoms with Gasteiger partial charge in [-0.25, -0.2) is 0 Å². The van der Waals surface area contributed by atoms with Crippen molar-refractivity contribution in [1.29, 1.82) is 0 Å². The van der Waals surface area contributed by atoms with Gasteiger partial charge >= 0.3 is 0 Å². The number of rotatable bonds is 17. The Balaban J connectivity index is 1.27. The lowest BCUT2D eigenvalue weighted by atomic mass is 9.80. The van der Waals surface area contributed by atoms with Crippen LogP contribution in [0.5, 0.6) is 5.75 Å². The summed E-state index contributed by atoms with van der Waals surface area (Å²) >= 11 is 0. The molecule has 1 saturated heterocycles. The molecule has 6 aromatic rings. The summed E-state index contributed by atoms with van der Waals surface area (Å²) in [6.07, 6.45) is -3.27. The van der Waals surface area contributed by atoms with Crippen LogP contribution in [0.2, 0.25) is 0 Å². The second-order valence-corrected chi connectivity index (χ2v) is 13.5. The summed E-state index contributed by atoms with van der Waals surface area (Å²) in [4.78, 5) is 0. The normalized spacial score (nSPS) is 19.9. The van der Waals surface area contributed by atoms with Crippen LogP contribution < -0.4 is 4.74 Å². The summed E-state index contributed by atoms with van der Waals surface area (Å²) in [6.45, 7) is 1.11. The maximum absolute atomic E-state index is 7.33. The molecule has 6 aromatic carbocycles. The van der Waals surface area contributed by atoms with Crippen molar-refractivity contribution < 1.29 is 33.2 Å². The molecule has 7 heteroatoms. The minimum atomic E-state index is -0.972. The first kappa shape index (κ1) is 38.2. The zero-order valence-corrected chi connectivity index (χ0v) is 31.3. The van der Waals surface area contributed by atoms with Crippen LogP contribution in [0.4, 0.5) is 0 Å². The molecule has 0 aliphatic carbocycles. The molecule has 1 aliphatic rings. The van der Waals surface area contributed by atoms with E-state index in [0.29, 0.717) is 19.8 Å². The van der Waals surface area contributed by atoms with E-state index in [-0.39, 0.29) is 6.61 Å². The van der Waals surface area contributed by atoms with Crippen molar-refractivity contribution in [3.8, 4) is 5.75 Å². The molecule has 7 rings (SSSR count). The summed E-state index contributed by atoms with van der Waals surface area (Å²) in [5.41, 5.74) is 5.03. The highest BCUT2D eigenvalue weighted by Crippen LogP contribution is 2.42. The second kappa shape index (κ2) is 19.0. The number of hydrogen-bond acceptors (Lipinski definition) is 7. The maximum atomic E-state index is 7.33. The fraction of sp³-hybridized carbons (Fsp3) is 0.250. The molecule has 55 heavy (non-hydrogen) atoms. The summed E-state index contributed by atoms with van der Waals surface area (Å²) in [6, 6.07) is 59.0. The van der Waals surface area contributed by atoms with Crippen molar-refractivity contribution in [3.05, 3.63) is 209 Å². The van der Waals surface area contributed by atoms with Crippen molar-refractivity contribution in [2.75, 3.05) is 20.8 Å². The van der Waals surface area contributed by atoms with Gasteiger partial charge in [-0.05, 0) is 45.5 Å². The van der Waals surface area contributed by atoms with Crippen LogP contribution in [-0.2, 0) is 53.8 Å². The van der Waals surface area contributed by atoms with E-state index in [1.54, 1.807) is 14.2 Å². The zero-order valence-electron chi connectivity index (χ0n) is 31.3. The van der Waals surface area contributed by atoms with E-state index in [0.717, 1.165) is 39.1 Å². The van der Waals surface area contributed by atoms with Crippen LogP contribution in [0.1, 0.15) is 33.4 Å². The van der Waals surface area contributed by atoms with Gasteiger partial charge in [0, 0.05) is 7.11 Å². The van der Waals surface area contributed by atoms with Gasteiger partial charge in [0.25, 0.3) is 0 Å². The first-order valence-corrected chi connectivity index (χ1v) is 18.7. The van der Waals surface area contributed by atoms with Gasteiger partial charge in [0.2, 0.25) is 0 Å². The number of methoxy groups -OCH3 is 2. The van der Waals surface area contributed by atoms with E-state index in [2.05, 4.69) is 48.5 Å². The fourth-order valence-electron chi connectivity index (χ4n) is 7.19. The fourth-order valence-corrected chi connectivity index (χ4v) is 7.19. The molecule has 1 fully saturated rings. The lowest BCUT2D eigenvalue weighted by Gasteiger charge is -2.46. The van der Waals surface area contributed by atoms with E-state index in [4.69, 9.17) is 33.2 Å². The summed E-state index contributed by atoms with van der Waals surface area (Å²) in [5.74, 6) is 0.776. The molecule has 7 nitrogen and oxygen atoms in total. The Morgan fingerprint density at radius 3 is 1.29 bits per heavy atom. The number of ether oxygens (including phenoxy) is 7. The lowest BCUT2D eigenvalue weighted by molar-refractivity contribution is -0.325. The van der Waals surface area contributed by atoms with Crippen LogP contribution in [0, 0.1) is 0 Å². The quantitative estimate of drug-likeness (QED) is 0.0866. The largest absolute Gasteiger partial charge is 0.497 e. The number of hydrogen-bond donors (Lipinski definition) is 0. The third kappa shape index (κ3) is 9.23. The predicted molar refractivity (Wildman–Crippen MR) is 212 cm³/mol. The smallest absolute Gasteiger partial charge is 0.186 e. The van der Waals surface area contributed by atoms with Crippen molar-refractivity contribution in [2.24, 2.45) is 0 Å². The van der Waals surface area contributed by atoms with Gasteiger partial charge < -0.3 is 33.2 Å². The Hall–Kier alpha value is -5.12. The minimum Gasteiger partial charge on any atom is -0.497 e. The Kier molecular flexibility index (Phi) is 13.2. The topological polar surface area (TPSA) is 64.6 Å². The zero-order chi connectivity index (χ0) is 37.7. The van der Waals surface area contributed by atoms with Gasteiger partial charge in [-0.1, -0.05) is 164 Å². The molecule has 5 atom stereocenters. The Labute approximate surface area is 324 Å². The molecular formula is C48H48O7. The first-order chi connectivity index (χ1) is 27.2. The van der Waals surface area contributed by atoms with Crippen molar-refractivity contribution >= 4 is 0 Å². The van der Waals surface area contributed by atoms with E-state index in [1.807, 2.05) is 127 Å². The van der Waals surface area contributed by atoms with Crippen LogP contribution in [0.3, 0.4) is 0 Å². The second-order valence-electron chi connectivity index (χ2n) is 13.5. The Morgan fingerprint density at radius 1 is 0.455 bits per heavy atom. The summed E-state index contributed by atoms with van der Waals surface area (Å²) in [5, 5.41) is 0. The summed E-state index contributed by atoms with van der Waals surface area (Å²) in [7, 11) is 3.29. The molecule has 0 amide bonds. The van der Waals surface area contributed by atoms with Crippen LogP contribution in [-0.4, -0.2) is 51.5 Å². The van der Waals surface area contributed by atoms with E-state index in [1.165, 1.54) is 0 Å². The minimum absolute atomic E-state index is 0.145. The molecule has 0 saturated carbocycles. The maximum Gasteiger partial charge on any atom is 0.186 e. The molecule has 0 unspecified atom stereocenters. The number of benzene rings is 6. The molecule has 0 radical (unpaired) electrons. The predicted octanol–water partition coefficient (Wildman–Crippen LogP) is 9.13. The van der Waals surface area contributed by atoms with Crippen LogP contribution >= 0.6 is 0 Å². The van der Waals surface area contributed by atoms with Gasteiger partial charge in [0.05, 0.1) is 33.5 Å².